The fraction of sp³-hybridized carbons (Fsp3) is 0.0769. The van der Waals surface area contributed by atoms with Crippen LogP contribution in [-0.2, 0) is 5.75 Å². The second-order valence-corrected chi connectivity index (χ2v) is 5.67. The van der Waals surface area contributed by atoms with E-state index in [1.54, 1.807) is 30.0 Å². The van der Waals surface area contributed by atoms with Gasteiger partial charge in [0.1, 0.15) is 0 Å². The molecule has 0 spiro atoms. The molecule has 0 saturated carbocycles. The third-order valence-electron chi connectivity index (χ3n) is 2.45. The third-order valence-corrected chi connectivity index (χ3v) is 4.13. The van der Waals surface area contributed by atoms with Gasteiger partial charge in [0.25, 0.3) is 5.69 Å². The predicted molar refractivity (Wildman–Crippen MR) is 79.1 cm³/mol. The number of halogens is 2. The Morgan fingerprint density at radius 3 is 2.42 bits per heavy atom. The van der Waals surface area contributed by atoms with Gasteiger partial charge in [-0.05, 0) is 35.9 Å². The molecule has 2 aromatic rings. The monoisotopic (exact) mass is 313 g/mol. The Morgan fingerprint density at radius 1 is 1.11 bits per heavy atom. The average molecular weight is 314 g/mol. The Kier molecular flexibility index (Phi) is 4.69. The molecule has 0 aliphatic heterocycles. The smallest absolute Gasteiger partial charge is 0.258 e. The molecular formula is C13H9Cl2NO2S. The van der Waals surface area contributed by atoms with Crippen LogP contribution >= 0.6 is 35.0 Å². The zero-order valence-electron chi connectivity index (χ0n) is 9.68. The van der Waals surface area contributed by atoms with Crippen molar-refractivity contribution in [1.29, 1.82) is 0 Å². The van der Waals surface area contributed by atoms with Crippen molar-refractivity contribution in [1.82, 2.24) is 0 Å². The molecule has 0 atom stereocenters. The summed E-state index contributed by atoms with van der Waals surface area (Å²) in [6, 6.07) is 11.9. The lowest BCUT2D eigenvalue weighted by Crippen LogP contribution is -1.90. The van der Waals surface area contributed by atoms with Crippen LogP contribution in [-0.4, -0.2) is 4.92 Å². The van der Waals surface area contributed by atoms with Gasteiger partial charge in [0.15, 0.2) is 0 Å². The maximum atomic E-state index is 10.7. The molecule has 98 valence electrons. The van der Waals surface area contributed by atoms with Crippen molar-refractivity contribution in [2.45, 2.75) is 10.6 Å². The van der Waals surface area contributed by atoms with Gasteiger partial charge >= 0.3 is 0 Å². The van der Waals surface area contributed by atoms with Gasteiger partial charge in [-0.3, -0.25) is 10.1 Å². The van der Waals surface area contributed by atoms with Crippen LogP contribution in [0.3, 0.4) is 0 Å². The number of nitrogens with zero attached hydrogens (tertiary/aromatic N) is 1. The van der Waals surface area contributed by atoms with Gasteiger partial charge in [0.2, 0.25) is 0 Å². The van der Waals surface area contributed by atoms with E-state index in [9.17, 15) is 10.1 Å². The van der Waals surface area contributed by atoms with Crippen LogP contribution in [0.5, 0.6) is 0 Å². The van der Waals surface area contributed by atoms with Crippen LogP contribution in [0.2, 0.25) is 10.0 Å². The van der Waals surface area contributed by atoms with E-state index in [0.717, 1.165) is 10.5 Å². The lowest BCUT2D eigenvalue weighted by Gasteiger charge is -2.04. The van der Waals surface area contributed by atoms with Gasteiger partial charge in [0.05, 0.1) is 4.92 Å². The first-order valence-corrected chi connectivity index (χ1v) is 7.11. The fourth-order valence-corrected chi connectivity index (χ4v) is 2.76. The lowest BCUT2D eigenvalue weighted by atomic mass is 10.2. The molecule has 0 fully saturated rings. The zero-order valence-corrected chi connectivity index (χ0v) is 12.0. The molecule has 0 aliphatic rings. The SMILES string of the molecule is O=[N+]([O-])c1ccc(Cl)c(CSc2ccc(Cl)cc2)c1. The molecule has 19 heavy (non-hydrogen) atoms. The summed E-state index contributed by atoms with van der Waals surface area (Å²) in [5.41, 5.74) is 0.798. The molecule has 0 aliphatic carbocycles. The maximum Gasteiger partial charge on any atom is 0.269 e. The highest BCUT2D eigenvalue weighted by molar-refractivity contribution is 7.98. The minimum absolute atomic E-state index is 0.0520. The molecular weight excluding hydrogens is 305 g/mol. The number of benzene rings is 2. The van der Waals surface area contributed by atoms with Gasteiger partial charge in [-0.2, -0.15) is 0 Å². The van der Waals surface area contributed by atoms with Gasteiger partial charge in [0, 0.05) is 32.8 Å². The first kappa shape index (κ1) is 14.2. The Labute approximate surface area is 124 Å². The van der Waals surface area contributed by atoms with E-state index in [2.05, 4.69) is 0 Å². The number of thioether (sulfide) groups is 1. The lowest BCUT2D eigenvalue weighted by molar-refractivity contribution is -0.384. The number of rotatable bonds is 4. The number of hydrogen-bond acceptors (Lipinski definition) is 3. The van der Waals surface area contributed by atoms with Gasteiger partial charge < -0.3 is 0 Å². The van der Waals surface area contributed by atoms with Crippen LogP contribution in [0, 0.1) is 10.1 Å². The molecule has 2 aromatic carbocycles. The Hall–Kier alpha value is -1.23. The summed E-state index contributed by atoms with van der Waals surface area (Å²) in [7, 11) is 0. The summed E-state index contributed by atoms with van der Waals surface area (Å²) >= 11 is 13.4. The highest BCUT2D eigenvalue weighted by Gasteiger charge is 2.10. The summed E-state index contributed by atoms with van der Waals surface area (Å²) in [6.07, 6.45) is 0. The van der Waals surface area contributed by atoms with E-state index in [1.807, 2.05) is 12.1 Å². The van der Waals surface area contributed by atoms with Gasteiger partial charge in [-0.1, -0.05) is 23.2 Å². The van der Waals surface area contributed by atoms with Crippen molar-refractivity contribution in [2.24, 2.45) is 0 Å². The first-order chi connectivity index (χ1) is 9.06. The number of hydrogen-bond donors (Lipinski definition) is 0. The minimum Gasteiger partial charge on any atom is -0.258 e. The molecule has 0 N–H and O–H groups in total. The zero-order chi connectivity index (χ0) is 13.8. The molecule has 0 bridgehead atoms. The number of nitro benzene ring substituents is 1. The Bertz CT molecular complexity index is 602. The summed E-state index contributed by atoms with van der Waals surface area (Å²) in [5.74, 6) is 0.572. The van der Waals surface area contributed by atoms with Crippen molar-refractivity contribution >= 4 is 40.7 Å². The van der Waals surface area contributed by atoms with E-state index < -0.39 is 4.92 Å². The quantitative estimate of drug-likeness (QED) is 0.443. The highest BCUT2D eigenvalue weighted by Crippen LogP contribution is 2.29. The second-order valence-electron chi connectivity index (χ2n) is 3.78. The number of non-ortho nitro benzene ring substituents is 1. The molecule has 6 heteroatoms. The Morgan fingerprint density at radius 2 is 1.79 bits per heavy atom. The average Bonchev–Trinajstić information content (AvgIpc) is 2.39. The fourth-order valence-electron chi connectivity index (χ4n) is 1.48. The van der Waals surface area contributed by atoms with Gasteiger partial charge in [-0.25, -0.2) is 0 Å². The maximum absolute atomic E-state index is 10.7. The molecule has 0 saturated heterocycles. The topological polar surface area (TPSA) is 43.1 Å². The van der Waals surface area contributed by atoms with Gasteiger partial charge in [-0.15, -0.1) is 11.8 Å². The van der Waals surface area contributed by atoms with E-state index in [0.29, 0.717) is 15.8 Å². The van der Waals surface area contributed by atoms with Crippen molar-refractivity contribution in [3.8, 4) is 0 Å². The molecule has 0 aromatic heterocycles. The normalized spacial score (nSPS) is 10.4. The van der Waals surface area contributed by atoms with E-state index in [4.69, 9.17) is 23.2 Å². The molecule has 0 amide bonds. The summed E-state index contributed by atoms with van der Waals surface area (Å²) < 4.78 is 0. The van der Waals surface area contributed by atoms with E-state index in [-0.39, 0.29) is 5.69 Å². The number of nitro groups is 1. The molecule has 2 rings (SSSR count). The summed E-state index contributed by atoms with van der Waals surface area (Å²) in [5, 5.41) is 11.9. The summed E-state index contributed by atoms with van der Waals surface area (Å²) in [4.78, 5) is 11.3. The highest BCUT2D eigenvalue weighted by atomic mass is 35.5. The molecule has 0 radical (unpaired) electrons. The second kappa shape index (κ2) is 6.28. The van der Waals surface area contributed by atoms with E-state index in [1.165, 1.54) is 12.1 Å². The van der Waals surface area contributed by atoms with Crippen LogP contribution in [0.4, 0.5) is 5.69 Å². The van der Waals surface area contributed by atoms with Crippen molar-refractivity contribution in [3.05, 3.63) is 68.2 Å². The molecule has 3 nitrogen and oxygen atoms in total. The first-order valence-electron chi connectivity index (χ1n) is 5.37. The van der Waals surface area contributed by atoms with Crippen LogP contribution in [0.15, 0.2) is 47.4 Å². The van der Waals surface area contributed by atoms with Crippen molar-refractivity contribution in [3.63, 3.8) is 0 Å². The largest absolute Gasteiger partial charge is 0.269 e. The van der Waals surface area contributed by atoms with Crippen LogP contribution in [0.25, 0.3) is 0 Å². The molecule has 0 unspecified atom stereocenters. The predicted octanol–water partition coefficient (Wildman–Crippen LogP) is 5.19. The van der Waals surface area contributed by atoms with Crippen molar-refractivity contribution in [2.75, 3.05) is 0 Å². The van der Waals surface area contributed by atoms with Crippen molar-refractivity contribution < 1.29 is 4.92 Å². The van der Waals surface area contributed by atoms with Crippen LogP contribution < -0.4 is 0 Å². The third kappa shape index (κ3) is 3.86. The minimum atomic E-state index is -0.424. The Balaban J connectivity index is 2.12. The standard InChI is InChI=1S/C13H9Cl2NO2S/c14-10-1-4-12(5-2-10)19-8-9-7-11(16(17)18)3-6-13(9)15/h1-7H,8H2. The van der Waals surface area contributed by atoms with E-state index >= 15 is 0 Å². The van der Waals surface area contributed by atoms with Crippen LogP contribution in [0.1, 0.15) is 5.56 Å². The summed E-state index contributed by atoms with van der Waals surface area (Å²) in [6.45, 7) is 0. The molecule has 0 heterocycles.